The summed E-state index contributed by atoms with van der Waals surface area (Å²) in [6.45, 7) is 12.2. The zero-order chi connectivity index (χ0) is 26.7. The van der Waals surface area contributed by atoms with Crippen LogP contribution in [0.15, 0.2) is 24.4 Å². The number of amides is 1. The van der Waals surface area contributed by atoms with Crippen molar-refractivity contribution in [3.8, 4) is 0 Å². The van der Waals surface area contributed by atoms with Crippen molar-refractivity contribution in [3.05, 3.63) is 40.7 Å². The molecule has 8 nitrogen and oxygen atoms in total. The third kappa shape index (κ3) is 5.91. The minimum Gasteiger partial charge on any atom is -0.392 e. The maximum Gasteiger partial charge on any atom is 0.223 e. The molecule has 2 aliphatic carbocycles. The normalized spacial score (nSPS) is 30.2. The number of hydrogen-bond acceptors (Lipinski definition) is 8. The topological polar surface area (TPSA) is 99.6 Å². The van der Waals surface area contributed by atoms with Crippen molar-refractivity contribution >= 4 is 22.4 Å². The lowest BCUT2D eigenvalue weighted by molar-refractivity contribution is -0.134. The van der Waals surface area contributed by atoms with Crippen LogP contribution in [0.2, 0.25) is 0 Å². The van der Waals surface area contributed by atoms with Gasteiger partial charge in [0.1, 0.15) is 0 Å². The van der Waals surface area contributed by atoms with Crippen molar-refractivity contribution in [2.45, 2.75) is 58.5 Å². The van der Waals surface area contributed by atoms with Gasteiger partial charge in [-0.05, 0) is 48.6 Å². The predicted molar refractivity (Wildman–Crippen MR) is 150 cm³/mol. The molecule has 0 radical (unpaired) electrons. The molecular formula is C29H43N5O3S. The van der Waals surface area contributed by atoms with Crippen LogP contribution in [0.1, 0.15) is 55.8 Å². The number of carbonyl (C=O) groups excluding carboxylic acids is 1. The third-order valence-corrected chi connectivity index (χ3v) is 10.2. The standard InChI is InChI=1S/C29H43N5O3S/c1-19(27(36)31-12-13-34-14-16-37-17-15-34)22-7-9-29(3)18-23-25(20(2)24(29)26(22)35)33-28(38-23)32-11-8-21-6-4-5-10-30-21/h4-6,10,19-20,22,24,26,35H,7-9,11-18H2,1-3H3,(H,31,36)(H,32,33)/t19-,20-,22?,24+,26-,29-/m0/s1. The quantitative estimate of drug-likeness (QED) is 0.448. The molecule has 3 aliphatic rings. The number of rotatable bonds is 9. The van der Waals surface area contributed by atoms with Crippen LogP contribution in [-0.4, -0.2) is 77.9 Å². The van der Waals surface area contributed by atoms with Gasteiger partial charge in [0.2, 0.25) is 5.91 Å². The molecule has 38 heavy (non-hydrogen) atoms. The van der Waals surface area contributed by atoms with E-state index in [9.17, 15) is 9.90 Å². The Morgan fingerprint density at radius 1 is 1.32 bits per heavy atom. The first-order chi connectivity index (χ1) is 18.4. The molecule has 2 fully saturated rings. The predicted octanol–water partition coefficient (Wildman–Crippen LogP) is 3.33. The van der Waals surface area contributed by atoms with Crippen LogP contribution in [0.25, 0.3) is 0 Å². The summed E-state index contributed by atoms with van der Waals surface area (Å²) >= 11 is 1.76. The Kier molecular flexibility index (Phi) is 8.67. The summed E-state index contributed by atoms with van der Waals surface area (Å²) in [6, 6.07) is 6.00. The maximum absolute atomic E-state index is 13.1. The maximum atomic E-state index is 13.1. The van der Waals surface area contributed by atoms with Crippen molar-refractivity contribution in [2.24, 2.45) is 23.2 Å². The molecule has 1 amide bonds. The Morgan fingerprint density at radius 3 is 2.89 bits per heavy atom. The van der Waals surface area contributed by atoms with Gasteiger partial charge in [-0.1, -0.05) is 26.8 Å². The second-order valence-electron chi connectivity index (χ2n) is 11.7. The molecule has 1 saturated carbocycles. The van der Waals surface area contributed by atoms with Crippen LogP contribution >= 0.6 is 11.3 Å². The molecule has 208 valence electrons. The lowest BCUT2D eigenvalue weighted by Gasteiger charge is -2.53. The highest BCUT2D eigenvalue weighted by atomic mass is 32.1. The molecule has 1 aliphatic heterocycles. The van der Waals surface area contributed by atoms with Crippen LogP contribution in [-0.2, 0) is 22.4 Å². The zero-order valence-electron chi connectivity index (χ0n) is 23.0. The SMILES string of the molecule is C[C@H](C(=O)NCCN1CCOCC1)C1CC[C@@]2(C)Cc3sc(NCCc4ccccn4)nc3[C@@H](C)[C@@H]2[C@H]1O. The molecule has 3 N–H and O–H groups in total. The van der Waals surface area contributed by atoms with Crippen molar-refractivity contribution in [3.63, 3.8) is 0 Å². The van der Waals surface area contributed by atoms with Crippen LogP contribution in [0.5, 0.6) is 0 Å². The molecule has 1 saturated heterocycles. The molecule has 3 heterocycles. The molecule has 0 bridgehead atoms. The number of morpholine rings is 1. The van der Waals surface area contributed by atoms with Gasteiger partial charge in [0.05, 0.1) is 25.0 Å². The Balaban J connectivity index is 1.19. The second-order valence-corrected chi connectivity index (χ2v) is 12.8. The van der Waals surface area contributed by atoms with Gasteiger partial charge >= 0.3 is 0 Å². The lowest BCUT2D eigenvalue weighted by atomic mass is 9.53. The number of aliphatic hydroxyl groups is 1. The van der Waals surface area contributed by atoms with Crippen molar-refractivity contribution in [1.82, 2.24) is 20.2 Å². The fourth-order valence-electron chi connectivity index (χ4n) is 6.98. The van der Waals surface area contributed by atoms with Crippen molar-refractivity contribution in [1.29, 1.82) is 0 Å². The highest BCUT2D eigenvalue weighted by Crippen LogP contribution is 2.57. The first kappa shape index (κ1) is 27.5. The van der Waals surface area contributed by atoms with Gasteiger partial charge in [-0.3, -0.25) is 14.7 Å². The molecule has 2 aromatic rings. The number of aromatic nitrogens is 2. The highest BCUT2D eigenvalue weighted by molar-refractivity contribution is 7.15. The van der Waals surface area contributed by atoms with Gasteiger partial charge in [0.25, 0.3) is 0 Å². The van der Waals surface area contributed by atoms with E-state index >= 15 is 0 Å². The highest BCUT2D eigenvalue weighted by Gasteiger charge is 2.53. The van der Waals surface area contributed by atoms with Crippen LogP contribution in [0, 0.1) is 23.2 Å². The fourth-order valence-corrected chi connectivity index (χ4v) is 8.27. The van der Waals surface area contributed by atoms with E-state index in [2.05, 4.69) is 34.4 Å². The molecule has 9 heteroatoms. The minimum absolute atomic E-state index is 0.0205. The molecule has 0 aromatic carbocycles. The average Bonchev–Trinajstić information content (AvgIpc) is 3.32. The first-order valence-electron chi connectivity index (χ1n) is 14.2. The number of thiazole rings is 1. The van der Waals surface area contributed by atoms with Crippen molar-refractivity contribution < 1.29 is 14.6 Å². The Morgan fingerprint density at radius 2 is 2.13 bits per heavy atom. The van der Waals surface area contributed by atoms with E-state index in [1.165, 1.54) is 4.88 Å². The summed E-state index contributed by atoms with van der Waals surface area (Å²) in [7, 11) is 0. The van der Waals surface area contributed by atoms with Crippen LogP contribution in [0.4, 0.5) is 5.13 Å². The largest absolute Gasteiger partial charge is 0.392 e. The molecule has 6 atom stereocenters. The Bertz CT molecular complexity index is 1080. The van der Waals surface area contributed by atoms with Crippen LogP contribution in [0.3, 0.4) is 0 Å². The fraction of sp³-hybridized carbons (Fsp3) is 0.690. The number of anilines is 1. The molecule has 0 spiro atoms. The average molecular weight is 542 g/mol. The van der Waals surface area contributed by atoms with Gasteiger partial charge in [0.15, 0.2) is 5.13 Å². The number of carbonyl (C=O) groups is 1. The number of hydrogen-bond donors (Lipinski definition) is 3. The number of ether oxygens (including phenoxy) is 1. The number of nitrogens with one attached hydrogen (secondary N) is 2. The second kappa shape index (κ2) is 12.0. The van der Waals surface area contributed by atoms with Gasteiger partial charge in [0, 0.05) is 67.7 Å². The Labute approximate surface area is 230 Å². The zero-order valence-corrected chi connectivity index (χ0v) is 23.8. The summed E-state index contributed by atoms with van der Waals surface area (Å²) in [6.07, 6.45) is 5.01. The summed E-state index contributed by atoms with van der Waals surface area (Å²) in [5.41, 5.74) is 2.22. The van der Waals surface area contributed by atoms with Crippen molar-refractivity contribution in [2.75, 3.05) is 51.3 Å². The van der Waals surface area contributed by atoms with E-state index in [0.29, 0.717) is 6.54 Å². The van der Waals surface area contributed by atoms with E-state index in [0.717, 1.165) is 81.6 Å². The third-order valence-electron chi connectivity index (χ3n) is 9.19. The summed E-state index contributed by atoms with van der Waals surface area (Å²) in [5.74, 6) is 0.0619. The molecule has 5 rings (SSSR count). The molecule has 2 aromatic heterocycles. The number of fused-ring (bicyclic) bond motifs is 2. The smallest absolute Gasteiger partial charge is 0.223 e. The monoisotopic (exact) mass is 541 g/mol. The lowest BCUT2D eigenvalue weighted by Crippen LogP contribution is -2.53. The summed E-state index contributed by atoms with van der Waals surface area (Å²) in [5, 5.41) is 19.3. The summed E-state index contributed by atoms with van der Waals surface area (Å²) < 4.78 is 5.41. The van der Waals surface area contributed by atoms with Gasteiger partial charge < -0.3 is 20.5 Å². The van der Waals surface area contributed by atoms with Gasteiger partial charge in [-0.2, -0.15) is 0 Å². The van der Waals surface area contributed by atoms with Gasteiger partial charge in [-0.25, -0.2) is 4.98 Å². The number of nitrogens with zero attached hydrogens (tertiary/aromatic N) is 3. The van der Waals surface area contributed by atoms with E-state index < -0.39 is 6.10 Å². The van der Waals surface area contributed by atoms with Crippen LogP contribution < -0.4 is 10.6 Å². The number of aliphatic hydroxyl groups excluding tert-OH is 1. The van der Waals surface area contributed by atoms with E-state index in [4.69, 9.17) is 9.72 Å². The minimum atomic E-state index is -0.515. The molecular weight excluding hydrogens is 498 g/mol. The summed E-state index contributed by atoms with van der Waals surface area (Å²) in [4.78, 5) is 26.1. The van der Waals surface area contributed by atoms with E-state index in [1.54, 1.807) is 11.3 Å². The molecule has 1 unspecified atom stereocenters. The van der Waals surface area contributed by atoms with E-state index in [1.807, 2.05) is 31.3 Å². The number of pyridine rings is 1. The Hall–Kier alpha value is -2.07. The van der Waals surface area contributed by atoms with Gasteiger partial charge in [-0.15, -0.1) is 11.3 Å². The first-order valence-corrected chi connectivity index (χ1v) is 15.1. The van der Waals surface area contributed by atoms with E-state index in [-0.39, 0.29) is 35.0 Å².